The van der Waals surface area contributed by atoms with Crippen molar-refractivity contribution >= 4 is 5.65 Å². The number of rotatable bonds is 4. The van der Waals surface area contributed by atoms with E-state index in [1.807, 2.05) is 6.20 Å². The average molecular weight is 320 g/mol. The first-order chi connectivity index (χ1) is 11.8. The van der Waals surface area contributed by atoms with Crippen molar-refractivity contribution in [2.45, 2.75) is 45.2 Å². The Morgan fingerprint density at radius 1 is 1.25 bits per heavy atom. The topological polar surface area (TPSA) is 33.4 Å². The zero-order chi connectivity index (χ0) is 16.5. The van der Waals surface area contributed by atoms with Crippen LogP contribution in [0.3, 0.4) is 0 Å². The first kappa shape index (κ1) is 15.3. The Bertz CT molecular complexity index is 852. The molecule has 0 saturated carbocycles. The van der Waals surface area contributed by atoms with E-state index in [-0.39, 0.29) is 0 Å². The lowest BCUT2D eigenvalue weighted by Gasteiger charge is -2.32. The zero-order valence-corrected chi connectivity index (χ0v) is 14.4. The zero-order valence-electron chi connectivity index (χ0n) is 14.4. The Morgan fingerprint density at radius 2 is 2.17 bits per heavy atom. The molecule has 0 radical (unpaired) electrons. The molecule has 0 saturated heterocycles. The predicted molar refractivity (Wildman–Crippen MR) is 96.0 cm³/mol. The molecule has 0 amide bonds. The van der Waals surface area contributed by atoms with Crippen LogP contribution in [0.1, 0.15) is 48.5 Å². The molecule has 0 bridgehead atoms. The number of hydrogen-bond acceptors (Lipinski definition) is 3. The van der Waals surface area contributed by atoms with Gasteiger partial charge < -0.3 is 4.40 Å². The van der Waals surface area contributed by atoms with Gasteiger partial charge in [0.2, 0.25) is 0 Å². The lowest BCUT2D eigenvalue weighted by Crippen LogP contribution is -2.28. The van der Waals surface area contributed by atoms with Gasteiger partial charge >= 0.3 is 0 Å². The normalized spacial score (nSPS) is 17.4. The summed E-state index contributed by atoms with van der Waals surface area (Å²) in [6, 6.07) is 10.9. The molecule has 3 heterocycles. The summed E-state index contributed by atoms with van der Waals surface area (Å²) in [5.74, 6) is 0. The molecule has 4 heteroatoms. The van der Waals surface area contributed by atoms with Crippen molar-refractivity contribution in [3.05, 3.63) is 65.4 Å². The van der Waals surface area contributed by atoms with E-state index in [2.05, 4.69) is 64.8 Å². The summed E-state index contributed by atoms with van der Waals surface area (Å²) >= 11 is 0. The fourth-order valence-electron chi connectivity index (χ4n) is 3.96. The fourth-order valence-corrected chi connectivity index (χ4v) is 3.96. The lowest BCUT2D eigenvalue weighted by molar-refractivity contribution is 0.206. The second-order valence-electron chi connectivity index (χ2n) is 6.66. The van der Waals surface area contributed by atoms with E-state index in [4.69, 9.17) is 4.98 Å². The number of hydrogen-bond donors (Lipinski definition) is 0. The van der Waals surface area contributed by atoms with E-state index in [9.17, 15) is 0 Å². The number of nitrogens with zero attached hydrogens (tertiary/aromatic N) is 4. The van der Waals surface area contributed by atoms with E-state index in [0.717, 1.165) is 25.0 Å². The predicted octanol–water partition coefficient (Wildman–Crippen LogP) is 3.80. The molecule has 0 N–H and O–H groups in total. The molecule has 3 aromatic rings. The third-order valence-corrected chi connectivity index (χ3v) is 5.14. The van der Waals surface area contributed by atoms with Gasteiger partial charge in [-0.05, 0) is 56.5 Å². The maximum atomic E-state index is 4.88. The van der Waals surface area contributed by atoms with Gasteiger partial charge in [-0.1, -0.05) is 19.1 Å². The van der Waals surface area contributed by atoms with E-state index in [1.165, 1.54) is 35.5 Å². The summed E-state index contributed by atoms with van der Waals surface area (Å²) in [6.07, 6.45) is 8.60. The van der Waals surface area contributed by atoms with Gasteiger partial charge in [0.15, 0.2) is 0 Å². The van der Waals surface area contributed by atoms with Crippen molar-refractivity contribution in [3.8, 4) is 0 Å². The molecule has 4 rings (SSSR count). The second kappa shape index (κ2) is 6.36. The van der Waals surface area contributed by atoms with Crippen LogP contribution in [0.4, 0.5) is 0 Å². The summed E-state index contributed by atoms with van der Waals surface area (Å²) in [5.41, 5.74) is 6.21. The highest BCUT2D eigenvalue weighted by Gasteiger charge is 2.26. The summed E-state index contributed by atoms with van der Waals surface area (Å²) in [4.78, 5) is 12.0. The van der Waals surface area contributed by atoms with Gasteiger partial charge in [-0.15, -0.1) is 0 Å². The van der Waals surface area contributed by atoms with E-state index in [1.54, 1.807) is 0 Å². The number of aryl methyl sites for hydroxylation is 2. The van der Waals surface area contributed by atoms with E-state index in [0.29, 0.717) is 6.04 Å². The van der Waals surface area contributed by atoms with Crippen molar-refractivity contribution in [1.29, 1.82) is 0 Å². The van der Waals surface area contributed by atoms with Gasteiger partial charge in [0.1, 0.15) is 5.65 Å². The molecule has 4 nitrogen and oxygen atoms in total. The maximum Gasteiger partial charge on any atom is 0.137 e. The molecular weight excluding hydrogens is 296 g/mol. The highest BCUT2D eigenvalue weighted by molar-refractivity contribution is 5.43. The second-order valence-corrected chi connectivity index (χ2v) is 6.66. The minimum Gasteiger partial charge on any atom is -0.304 e. The van der Waals surface area contributed by atoms with Crippen LogP contribution in [0, 0.1) is 0 Å². The van der Waals surface area contributed by atoms with Crippen LogP contribution in [0.15, 0.2) is 42.7 Å². The van der Waals surface area contributed by atoms with Crippen LogP contribution >= 0.6 is 0 Å². The van der Waals surface area contributed by atoms with Crippen molar-refractivity contribution in [2.24, 2.45) is 0 Å². The molecule has 24 heavy (non-hydrogen) atoms. The summed E-state index contributed by atoms with van der Waals surface area (Å²) in [6.45, 7) is 3.07. The van der Waals surface area contributed by atoms with Crippen LogP contribution in [-0.4, -0.2) is 26.3 Å². The molecular formula is C20H24N4. The quantitative estimate of drug-likeness (QED) is 0.733. The fraction of sp³-hybridized carbons (Fsp3) is 0.400. The number of imidazole rings is 1. The molecule has 124 valence electrons. The van der Waals surface area contributed by atoms with E-state index >= 15 is 0 Å². The van der Waals surface area contributed by atoms with Gasteiger partial charge in [-0.3, -0.25) is 9.88 Å². The van der Waals surface area contributed by atoms with Crippen LogP contribution in [0.5, 0.6) is 0 Å². The minimum absolute atomic E-state index is 0.393. The number of fused-ring (bicyclic) bond motifs is 2. The third kappa shape index (κ3) is 2.61. The first-order valence-corrected chi connectivity index (χ1v) is 8.86. The number of aromatic nitrogens is 3. The van der Waals surface area contributed by atoms with Gasteiger partial charge in [0.05, 0.1) is 17.4 Å². The molecule has 1 unspecified atom stereocenters. The molecule has 0 aliphatic heterocycles. The smallest absolute Gasteiger partial charge is 0.137 e. The molecule has 1 aliphatic carbocycles. The summed E-state index contributed by atoms with van der Waals surface area (Å²) < 4.78 is 2.22. The van der Waals surface area contributed by atoms with Gasteiger partial charge in [-0.25, -0.2) is 4.98 Å². The maximum absolute atomic E-state index is 4.88. The Morgan fingerprint density at radius 3 is 3.04 bits per heavy atom. The minimum atomic E-state index is 0.393. The standard InChI is InChI=1S/C20H24N4/c1-3-17-16(22-19-11-4-5-13-24(17)19)14-23(2)18-10-6-8-15-9-7-12-21-20(15)18/h4-5,7,9,11-13,18H,3,6,8,10,14H2,1-2H3. The van der Waals surface area contributed by atoms with Gasteiger partial charge in [0, 0.05) is 24.6 Å². The first-order valence-electron chi connectivity index (χ1n) is 8.86. The van der Waals surface area contributed by atoms with Crippen molar-refractivity contribution in [1.82, 2.24) is 19.3 Å². The third-order valence-electron chi connectivity index (χ3n) is 5.14. The monoisotopic (exact) mass is 320 g/mol. The Kier molecular flexibility index (Phi) is 4.07. The lowest BCUT2D eigenvalue weighted by atomic mass is 9.91. The molecule has 1 aliphatic rings. The summed E-state index contributed by atoms with van der Waals surface area (Å²) in [7, 11) is 2.21. The molecule has 0 aromatic carbocycles. The Labute approximate surface area is 143 Å². The SMILES string of the molecule is CCc1c(CN(C)C2CCCc3cccnc32)nc2ccccn12. The van der Waals surface area contributed by atoms with Crippen LogP contribution in [0.2, 0.25) is 0 Å². The number of pyridine rings is 2. The van der Waals surface area contributed by atoms with Crippen LogP contribution < -0.4 is 0 Å². The molecule has 3 aromatic heterocycles. The molecule has 0 spiro atoms. The Balaban J connectivity index is 1.64. The van der Waals surface area contributed by atoms with Crippen LogP contribution in [0.25, 0.3) is 5.65 Å². The van der Waals surface area contributed by atoms with Gasteiger partial charge in [-0.2, -0.15) is 0 Å². The van der Waals surface area contributed by atoms with Crippen LogP contribution in [-0.2, 0) is 19.4 Å². The molecule has 1 atom stereocenters. The average Bonchev–Trinajstić information content (AvgIpc) is 2.98. The highest BCUT2D eigenvalue weighted by atomic mass is 15.2. The Hall–Kier alpha value is -2.20. The van der Waals surface area contributed by atoms with Crippen molar-refractivity contribution in [3.63, 3.8) is 0 Å². The van der Waals surface area contributed by atoms with Crippen molar-refractivity contribution in [2.75, 3.05) is 7.05 Å². The van der Waals surface area contributed by atoms with E-state index < -0.39 is 0 Å². The van der Waals surface area contributed by atoms with Crippen molar-refractivity contribution < 1.29 is 0 Å². The molecule has 0 fully saturated rings. The largest absolute Gasteiger partial charge is 0.304 e. The summed E-state index contributed by atoms with van der Waals surface area (Å²) in [5, 5.41) is 0. The highest BCUT2D eigenvalue weighted by Crippen LogP contribution is 2.33. The van der Waals surface area contributed by atoms with Gasteiger partial charge in [0.25, 0.3) is 0 Å².